The van der Waals surface area contributed by atoms with Gasteiger partial charge in [-0.05, 0) is 55.8 Å². The van der Waals surface area contributed by atoms with Gasteiger partial charge in [-0.15, -0.1) is 0 Å². The van der Waals surface area contributed by atoms with Gasteiger partial charge >= 0.3 is 0 Å². The molecule has 0 aliphatic heterocycles. The number of nitrogens with zero attached hydrogens (tertiary/aromatic N) is 2. The van der Waals surface area contributed by atoms with Crippen molar-refractivity contribution in [3.05, 3.63) is 145 Å². The molecule has 4 aromatic rings. The molecule has 42 heavy (non-hydrogen) atoms. The standard InChI is InChI=1S/C36H36N2O4/c1-3-4-16-29(2)25-37(31-19-10-6-11-20-31)35(39)27-41-33-23-14-15-24-34(33)42-28-36(40)38(32-21-12-7-13-22-32)26-30-17-8-5-9-18-30/h3-24H,25-28H2,1-2H3/b4-3-,29-16+. The maximum Gasteiger partial charge on any atom is 0.265 e. The second-order valence-corrected chi connectivity index (χ2v) is 9.68. The summed E-state index contributed by atoms with van der Waals surface area (Å²) >= 11 is 0. The van der Waals surface area contributed by atoms with Gasteiger partial charge in [0.05, 0.1) is 6.54 Å². The number of anilines is 2. The highest BCUT2D eigenvalue weighted by atomic mass is 16.5. The first kappa shape index (κ1) is 29.9. The van der Waals surface area contributed by atoms with E-state index in [9.17, 15) is 9.59 Å². The van der Waals surface area contributed by atoms with Gasteiger partial charge in [-0.2, -0.15) is 0 Å². The highest BCUT2D eigenvalue weighted by molar-refractivity contribution is 5.95. The van der Waals surface area contributed by atoms with Crippen LogP contribution in [-0.2, 0) is 16.1 Å². The predicted molar refractivity (Wildman–Crippen MR) is 169 cm³/mol. The van der Waals surface area contributed by atoms with E-state index < -0.39 is 0 Å². The van der Waals surface area contributed by atoms with Crippen LogP contribution in [0, 0.1) is 0 Å². The predicted octanol–water partition coefficient (Wildman–Crippen LogP) is 7.23. The molecule has 214 valence electrons. The molecule has 6 nitrogen and oxygen atoms in total. The van der Waals surface area contributed by atoms with Gasteiger partial charge in [0.25, 0.3) is 11.8 Å². The van der Waals surface area contributed by atoms with Crippen LogP contribution < -0.4 is 19.3 Å². The molecule has 2 amide bonds. The molecule has 0 N–H and O–H groups in total. The smallest absolute Gasteiger partial charge is 0.265 e. The molecule has 0 unspecified atom stereocenters. The number of amides is 2. The van der Waals surface area contributed by atoms with Gasteiger partial charge in [0, 0.05) is 17.9 Å². The van der Waals surface area contributed by atoms with Crippen molar-refractivity contribution in [2.45, 2.75) is 20.4 Å². The fraction of sp³-hybridized carbons (Fsp3) is 0.167. The van der Waals surface area contributed by atoms with Crippen LogP contribution >= 0.6 is 0 Å². The van der Waals surface area contributed by atoms with Crippen LogP contribution in [0.5, 0.6) is 11.5 Å². The third-order valence-corrected chi connectivity index (χ3v) is 6.45. The van der Waals surface area contributed by atoms with Crippen molar-refractivity contribution in [1.82, 2.24) is 0 Å². The zero-order valence-electron chi connectivity index (χ0n) is 24.1. The summed E-state index contributed by atoms with van der Waals surface area (Å²) in [5.41, 5.74) is 3.61. The minimum Gasteiger partial charge on any atom is -0.480 e. The Morgan fingerprint density at radius 1 is 0.643 bits per heavy atom. The minimum absolute atomic E-state index is 0.190. The third-order valence-electron chi connectivity index (χ3n) is 6.45. The lowest BCUT2D eigenvalue weighted by atomic mass is 10.2. The number of allylic oxidation sites excluding steroid dienone is 3. The molecule has 0 spiro atoms. The highest BCUT2D eigenvalue weighted by Gasteiger charge is 2.20. The summed E-state index contributed by atoms with van der Waals surface area (Å²) in [5, 5.41) is 0. The molecule has 0 saturated heterocycles. The Kier molecular flexibility index (Phi) is 11.1. The molecule has 4 rings (SSSR count). The van der Waals surface area contributed by atoms with E-state index in [2.05, 4.69) is 0 Å². The third kappa shape index (κ3) is 8.70. The van der Waals surface area contributed by atoms with Gasteiger partial charge in [0.1, 0.15) is 0 Å². The number of rotatable bonds is 13. The van der Waals surface area contributed by atoms with Crippen molar-refractivity contribution in [3.63, 3.8) is 0 Å². The lowest BCUT2D eigenvalue weighted by Crippen LogP contribution is -2.36. The number of para-hydroxylation sites is 4. The van der Waals surface area contributed by atoms with Crippen LogP contribution in [-0.4, -0.2) is 31.6 Å². The first-order chi connectivity index (χ1) is 20.5. The van der Waals surface area contributed by atoms with Crippen molar-refractivity contribution < 1.29 is 19.1 Å². The summed E-state index contributed by atoms with van der Waals surface area (Å²) in [6.07, 6.45) is 5.89. The number of carbonyl (C=O) groups is 2. The van der Waals surface area contributed by atoms with Gasteiger partial charge < -0.3 is 19.3 Å². The van der Waals surface area contributed by atoms with E-state index >= 15 is 0 Å². The maximum absolute atomic E-state index is 13.4. The monoisotopic (exact) mass is 560 g/mol. The van der Waals surface area contributed by atoms with Crippen LogP contribution in [0.15, 0.2) is 139 Å². The number of hydrogen-bond acceptors (Lipinski definition) is 4. The molecule has 0 aromatic heterocycles. The molecule has 0 radical (unpaired) electrons. The van der Waals surface area contributed by atoms with E-state index in [1.807, 2.05) is 123 Å². The molecule has 0 bridgehead atoms. The number of hydrogen-bond donors (Lipinski definition) is 0. The molecule has 0 fully saturated rings. The van der Waals surface area contributed by atoms with E-state index in [0.29, 0.717) is 24.6 Å². The van der Waals surface area contributed by atoms with Crippen molar-refractivity contribution in [2.24, 2.45) is 0 Å². The zero-order valence-corrected chi connectivity index (χ0v) is 24.1. The molecule has 4 aromatic carbocycles. The van der Waals surface area contributed by atoms with Gasteiger partial charge in [-0.3, -0.25) is 9.59 Å². The second kappa shape index (κ2) is 15.6. The van der Waals surface area contributed by atoms with Gasteiger partial charge in [-0.1, -0.05) is 103 Å². The maximum atomic E-state index is 13.4. The van der Waals surface area contributed by atoms with Gasteiger partial charge in [0.15, 0.2) is 24.7 Å². The van der Waals surface area contributed by atoms with Crippen LogP contribution in [0.1, 0.15) is 19.4 Å². The molecule has 0 atom stereocenters. The van der Waals surface area contributed by atoms with Crippen LogP contribution in [0.25, 0.3) is 0 Å². The van der Waals surface area contributed by atoms with E-state index in [4.69, 9.17) is 9.47 Å². The van der Waals surface area contributed by atoms with E-state index in [1.165, 1.54) is 0 Å². The summed E-state index contributed by atoms with van der Waals surface area (Å²) in [6, 6.07) is 35.9. The zero-order chi connectivity index (χ0) is 29.6. The average Bonchev–Trinajstić information content (AvgIpc) is 3.04. The summed E-state index contributed by atoms with van der Waals surface area (Å²) < 4.78 is 11.9. The van der Waals surface area contributed by atoms with Gasteiger partial charge in [0.2, 0.25) is 0 Å². The summed E-state index contributed by atoms with van der Waals surface area (Å²) in [7, 11) is 0. The Balaban J connectivity index is 1.44. The topological polar surface area (TPSA) is 59.1 Å². The van der Waals surface area contributed by atoms with E-state index in [1.54, 1.807) is 34.1 Å². The molecule has 0 aliphatic carbocycles. The number of ether oxygens (including phenoxy) is 2. The first-order valence-electron chi connectivity index (χ1n) is 13.9. The molecular formula is C36H36N2O4. The Labute approximate surface area is 248 Å². The first-order valence-corrected chi connectivity index (χ1v) is 13.9. The molecular weight excluding hydrogens is 524 g/mol. The summed E-state index contributed by atoms with van der Waals surface area (Å²) in [6.45, 7) is 4.40. The lowest BCUT2D eigenvalue weighted by molar-refractivity contribution is -0.121. The number of benzene rings is 4. The van der Waals surface area contributed by atoms with E-state index in [-0.39, 0.29) is 25.0 Å². The molecule has 0 aliphatic rings. The Morgan fingerprint density at radius 3 is 1.62 bits per heavy atom. The van der Waals surface area contributed by atoms with Crippen molar-refractivity contribution in [3.8, 4) is 11.5 Å². The highest BCUT2D eigenvalue weighted by Crippen LogP contribution is 2.27. The van der Waals surface area contributed by atoms with E-state index in [0.717, 1.165) is 22.5 Å². The van der Waals surface area contributed by atoms with Crippen molar-refractivity contribution in [2.75, 3.05) is 29.6 Å². The van der Waals surface area contributed by atoms with Crippen LogP contribution in [0.3, 0.4) is 0 Å². The van der Waals surface area contributed by atoms with Crippen molar-refractivity contribution >= 4 is 23.2 Å². The lowest BCUT2D eigenvalue weighted by Gasteiger charge is -2.24. The molecule has 0 saturated carbocycles. The Bertz CT molecular complexity index is 1480. The Hall–Kier alpha value is -5.10. The van der Waals surface area contributed by atoms with Crippen molar-refractivity contribution in [1.29, 1.82) is 0 Å². The quantitative estimate of drug-likeness (QED) is 0.162. The summed E-state index contributed by atoms with van der Waals surface area (Å²) in [4.78, 5) is 30.2. The normalized spacial score (nSPS) is 11.2. The summed E-state index contributed by atoms with van der Waals surface area (Å²) in [5.74, 6) is 0.386. The van der Waals surface area contributed by atoms with Gasteiger partial charge in [-0.25, -0.2) is 0 Å². The SMILES string of the molecule is C/C=C\C=C(/C)CN(C(=O)COc1ccccc1OCC(=O)N(Cc1ccccc1)c1ccccc1)c1ccccc1. The second-order valence-electron chi connectivity index (χ2n) is 9.68. The fourth-order valence-corrected chi connectivity index (χ4v) is 4.31. The minimum atomic E-state index is -0.199. The number of carbonyl (C=O) groups excluding carboxylic acids is 2. The van der Waals surface area contributed by atoms with Crippen LogP contribution in [0.2, 0.25) is 0 Å². The van der Waals surface area contributed by atoms with Crippen LogP contribution in [0.4, 0.5) is 11.4 Å². The molecule has 0 heterocycles. The average molecular weight is 561 g/mol. The molecule has 6 heteroatoms. The fourth-order valence-electron chi connectivity index (χ4n) is 4.31. The Morgan fingerprint density at radius 2 is 1.10 bits per heavy atom. The largest absolute Gasteiger partial charge is 0.480 e.